The number of nitrogens with zero attached hydrogens (tertiary/aromatic N) is 1. The van der Waals surface area contributed by atoms with Crippen LogP contribution >= 0.6 is 0 Å². The fourth-order valence-electron chi connectivity index (χ4n) is 2.88. The molecule has 3 nitrogen and oxygen atoms in total. The van der Waals surface area contributed by atoms with Crippen molar-refractivity contribution in [3.63, 3.8) is 0 Å². The minimum atomic E-state index is -0.261. The van der Waals surface area contributed by atoms with Crippen molar-refractivity contribution in [3.05, 3.63) is 29.6 Å². The highest BCUT2D eigenvalue weighted by atomic mass is 19.1. The van der Waals surface area contributed by atoms with E-state index in [1.54, 1.807) is 0 Å². The van der Waals surface area contributed by atoms with Crippen LogP contribution in [0.2, 0.25) is 0 Å². The third kappa shape index (κ3) is 2.35. The van der Waals surface area contributed by atoms with E-state index < -0.39 is 0 Å². The fourth-order valence-corrected chi connectivity index (χ4v) is 2.88. The summed E-state index contributed by atoms with van der Waals surface area (Å²) in [5, 5.41) is 13.3. The third-order valence-electron chi connectivity index (χ3n) is 3.92. The molecule has 1 saturated carbocycles. The quantitative estimate of drug-likeness (QED) is 0.860. The molecule has 18 heavy (non-hydrogen) atoms. The zero-order valence-corrected chi connectivity index (χ0v) is 10.4. The van der Waals surface area contributed by atoms with Crippen LogP contribution in [0.5, 0.6) is 5.75 Å². The molecule has 0 spiro atoms. The van der Waals surface area contributed by atoms with Crippen molar-refractivity contribution in [2.24, 2.45) is 5.92 Å². The highest BCUT2D eigenvalue weighted by Crippen LogP contribution is 2.46. The normalized spacial score (nSPS) is 22.9. The van der Waals surface area contributed by atoms with Gasteiger partial charge in [0.2, 0.25) is 0 Å². The van der Waals surface area contributed by atoms with Crippen molar-refractivity contribution in [2.75, 3.05) is 26.2 Å². The van der Waals surface area contributed by atoms with Crippen molar-refractivity contribution >= 4 is 0 Å². The summed E-state index contributed by atoms with van der Waals surface area (Å²) in [6.45, 7) is 3.88. The molecule has 98 valence electrons. The summed E-state index contributed by atoms with van der Waals surface area (Å²) >= 11 is 0. The van der Waals surface area contributed by atoms with Crippen LogP contribution in [-0.2, 0) is 0 Å². The summed E-state index contributed by atoms with van der Waals surface area (Å²) < 4.78 is 13.4. The van der Waals surface area contributed by atoms with Gasteiger partial charge in [0.25, 0.3) is 0 Å². The average Bonchev–Trinajstić information content (AvgIpc) is 3.20. The molecule has 1 heterocycles. The lowest BCUT2D eigenvalue weighted by Crippen LogP contribution is -2.45. The molecule has 4 heteroatoms. The Morgan fingerprint density at radius 3 is 2.67 bits per heavy atom. The molecule has 0 bridgehead atoms. The van der Waals surface area contributed by atoms with Crippen LogP contribution < -0.4 is 5.32 Å². The zero-order chi connectivity index (χ0) is 12.5. The number of hydrogen-bond donors (Lipinski definition) is 2. The lowest BCUT2D eigenvalue weighted by molar-refractivity contribution is 0.153. The van der Waals surface area contributed by atoms with Crippen LogP contribution in [0.4, 0.5) is 4.39 Å². The van der Waals surface area contributed by atoms with Crippen LogP contribution in [0, 0.1) is 11.7 Å². The van der Waals surface area contributed by atoms with Crippen molar-refractivity contribution in [1.29, 1.82) is 0 Å². The lowest BCUT2D eigenvalue weighted by Gasteiger charge is -2.35. The smallest absolute Gasteiger partial charge is 0.123 e. The highest BCUT2D eigenvalue weighted by Gasteiger charge is 2.38. The van der Waals surface area contributed by atoms with E-state index in [1.165, 1.54) is 31.0 Å². The van der Waals surface area contributed by atoms with Gasteiger partial charge in [-0.2, -0.15) is 0 Å². The number of phenolic OH excluding ortho intramolecular Hbond substituents is 1. The van der Waals surface area contributed by atoms with Gasteiger partial charge in [-0.3, -0.25) is 4.90 Å². The Bertz CT molecular complexity index is 428. The van der Waals surface area contributed by atoms with E-state index >= 15 is 0 Å². The van der Waals surface area contributed by atoms with E-state index in [0.29, 0.717) is 5.92 Å². The molecule has 1 aliphatic heterocycles. The highest BCUT2D eigenvalue weighted by molar-refractivity contribution is 5.36. The van der Waals surface area contributed by atoms with E-state index in [4.69, 9.17) is 0 Å². The molecule has 0 unspecified atom stereocenters. The second kappa shape index (κ2) is 4.86. The van der Waals surface area contributed by atoms with Crippen molar-refractivity contribution in [3.8, 4) is 5.75 Å². The number of piperazine rings is 1. The first-order chi connectivity index (χ1) is 8.75. The third-order valence-corrected chi connectivity index (χ3v) is 3.92. The molecule has 2 fully saturated rings. The maximum atomic E-state index is 13.4. The van der Waals surface area contributed by atoms with Crippen LogP contribution in [0.25, 0.3) is 0 Å². The molecule has 1 atom stereocenters. The maximum Gasteiger partial charge on any atom is 0.123 e. The first-order valence-electron chi connectivity index (χ1n) is 6.69. The second-order valence-corrected chi connectivity index (χ2v) is 5.27. The summed E-state index contributed by atoms with van der Waals surface area (Å²) in [5.41, 5.74) is 0.763. The molecule has 1 saturated heterocycles. The van der Waals surface area contributed by atoms with Crippen molar-refractivity contribution < 1.29 is 9.50 Å². The Hall–Kier alpha value is -1.13. The van der Waals surface area contributed by atoms with Crippen LogP contribution in [0.15, 0.2) is 18.2 Å². The lowest BCUT2D eigenvalue weighted by atomic mass is 9.98. The van der Waals surface area contributed by atoms with E-state index in [9.17, 15) is 9.50 Å². The monoisotopic (exact) mass is 250 g/mol. The predicted octanol–water partition coefficient (Wildman–Crippen LogP) is 1.89. The molecule has 3 rings (SSSR count). The Kier molecular flexibility index (Phi) is 3.22. The van der Waals surface area contributed by atoms with E-state index in [1.807, 2.05) is 0 Å². The van der Waals surface area contributed by atoms with Crippen molar-refractivity contribution in [1.82, 2.24) is 10.2 Å². The molecule has 0 amide bonds. The number of benzene rings is 1. The standard InChI is InChI=1S/C14H19FN2O/c15-11-3-4-13(18)12(9-11)14(10-1-2-10)17-7-5-16-6-8-17/h3-4,9-10,14,16,18H,1-2,5-8H2/t14-/m0/s1. The van der Waals surface area contributed by atoms with Gasteiger partial charge in [-0.25, -0.2) is 4.39 Å². The van der Waals surface area contributed by atoms with Crippen LogP contribution in [-0.4, -0.2) is 36.2 Å². The molecule has 2 N–H and O–H groups in total. The van der Waals surface area contributed by atoms with Gasteiger partial charge >= 0.3 is 0 Å². The van der Waals surface area contributed by atoms with E-state index in [-0.39, 0.29) is 17.6 Å². The van der Waals surface area contributed by atoms with Gasteiger partial charge in [0, 0.05) is 37.8 Å². The number of aromatic hydroxyl groups is 1. The summed E-state index contributed by atoms with van der Waals surface area (Å²) in [6.07, 6.45) is 2.37. The maximum absolute atomic E-state index is 13.4. The Morgan fingerprint density at radius 1 is 1.28 bits per heavy atom. The number of phenols is 1. The van der Waals surface area contributed by atoms with E-state index in [2.05, 4.69) is 10.2 Å². The minimum Gasteiger partial charge on any atom is -0.508 e. The van der Waals surface area contributed by atoms with Crippen LogP contribution in [0.3, 0.4) is 0 Å². The summed E-state index contributed by atoms with van der Waals surface area (Å²) in [7, 11) is 0. The number of hydrogen-bond acceptors (Lipinski definition) is 3. The Balaban J connectivity index is 1.90. The van der Waals surface area contributed by atoms with Gasteiger partial charge in [-0.15, -0.1) is 0 Å². The molecular weight excluding hydrogens is 231 g/mol. The topological polar surface area (TPSA) is 35.5 Å². The SMILES string of the molecule is Oc1ccc(F)cc1[C@H](C1CC1)N1CCNCC1. The number of nitrogens with one attached hydrogen (secondary N) is 1. The van der Waals surface area contributed by atoms with Gasteiger partial charge in [-0.1, -0.05) is 0 Å². The molecule has 0 aromatic heterocycles. The van der Waals surface area contributed by atoms with Crippen molar-refractivity contribution in [2.45, 2.75) is 18.9 Å². The van der Waals surface area contributed by atoms with Gasteiger partial charge < -0.3 is 10.4 Å². The minimum absolute atomic E-state index is 0.183. The van der Waals surface area contributed by atoms with Crippen LogP contribution in [0.1, 0.15) is 24.4 Å². The fraction of sp³-hybridized carbons (Fsp3) is 0.571. The zero-order valence-electron chi connectivity index (χ0n) is 10.4. The average molecular weight is 250 g/mol. The van der Waals surface area contributed by atoms with Gasteiger partial charge in [0.15, 0.2) is 0 Å². The second-order valence-electron chi connectivity index (χ2n) is 5.27. The molecule has 1 aromatic carbocycles. The molecular formula is C14H19FN2O. The molecule has 1 aromatic rings. The predicted molar refractivity (Wildman–Crippen MR) is 68.0 cm³/mol. The molecule has 0 radical (unpaired) electrons. The van der Waals surface area contributed by atoms with Gasteiger partial charge in [-0.05, 0) is 37.0 Å². The summed E-state index contributed by atoms with van der Waals surface area (Å²) in [5.74, 6) is 0.547. The largest absolute Gasteiger partial charge is 0.508 e. The van der Waals surface area contributed by atoms with Gasteiger partial charge in [0.1, 0.15) is 11.6 Å². The molecule has 2 aliphatic rings. The first-order valence-corrected chi connectivity index (χ1v) is 6.69. The number of rotatable bonds is 3. The van der Waals surface area contributed by atoms with E-state index in [0.717, 1.165) is 31.7 Å². The summed E-state index contributed by atoms with van der Waals surface area (Å²) in [4.78, 5) is 2.38. The molecule has 1 aliphatic carbocycles. The van der Waals surface area contributed by atoms with Gasteiger partial charge in [0.05, 0.1) is 0 Å². The first kappa shape index (κ1) is 11.9. The Morgan fingerprint density at radius 2 is 2.00 bits per heavy atom. The summed E-state index contributed by atoms with van der Waals surface area (Å²) in [6, 6.07) is 4.48. The Labute approximate surface area is 107 Å². The number of halogens is 1.